The van der Waals surface area contributed by atoms with E-state index in [1.165, 1.54) is 6.33 Å². The maximum atomic E-state index is 8.46. The second kappa shape index (κ2) is 5.52. The molecule has 0 aliphatic carbocycles. The summed E-state index contributed by atoms with van der Waals surface area (Å²) in [6.07, 6.45) is 1.41. The zero-order valence-electron chi connectivity index (χ0n) is 12.9. The molecular formula is C16H21N5. The van der Waals surface area contributed by atoms with Crippen molar-refractivity contribution in [3.63, 3.8) is 0 Å². The van der Waals surface area contributed by atoms with Gasteiger partial charge >= 0.3 is 0 Å². The molecule has 21 heavy (non-hydrogen) atoms. The smallest absolute Gasteiger partial charge is 0.141 e. The number of benzene rings is 1. The molecule has 0 spiro atoms. The number of aryl methyl sites for hydroxylation is 1. The molecule has 2 aromatic rings. The molecule has 1 aromatic heterocycles. The highest BCUT2D eigenvalue weighted by atomic mass is 15.1. The normalized spacial score (nSPS) is 11.2. The van der Waals surface area contributed by atoms with E-state index in [-0.39, 0.29) is 5.54 Å². The molecule has 0 saturated carbocycles. The summed E-state index contributed by atoms with van der Waals surface area (Å²) < 4.78 is 0. The van der Waals surface area contributed by atoms with Gasteiger partial charge in [-0.2, -0.15) is 0 Å². The lowest BCUT2D eigenvalue weighted by Crippen LogP contribution is -2.28. The van der Waals surface area contributed by atoms with Crippen LogP contribution in [0.15, 0.2) is 30.6 Å². The zero-order valence-corrected chi connectivity index (χ0v) is 12.9. The Hall–Kier alpha value is -2.43. The van der Waals surface area contributed by atoms with Gasteiger partial charge in [-0.05, 0) is 33.8 Å². The highest BCUT2D eigenvalue weighted by molar-refractivity contribution is 6.16. The number of nitrogens with one attached hydrogen (secondary N) is 2. The molecule has 0 bridgehead atoms. The third kappa shape index (κ3) is 3.56. The van der Waals surface area contributed by atoms with Crippen LogP contribution in [0.4, 0.5) is 11.6 Å². The van der Waals surface area contributed by atoms with Gasteiger partial charge in [-0.1, -0.05) is 23.8 Å². The van der Waals surface area contributed by atoms with E-state index in [0.29, 0.717) is 22.9 Å². The SMILES string of the molecule is Cc1cccc(C(=N)c2c(N)ncnc2NC(C)(C)C)c1. The Kier molecular flexibility index (Phi) is 3.93. The van der Waals surface area contributed by atoms with Crippen LogP contribution in [0.3, 0.4) is 0 Å². The minimum Gasteiger partial charge on any atom is -0.383 e. The topological polar surface area (TPSA) is 87.7 Å². The van der Waals surface area contributed by atoms with E-state index in [0.717, 1.165) is 11.1 Å². The predicted octanol–water partition coefficient (Wildman–Crippen LogP) is 2.99. The molecule has 110 valence electrons. The Bertz CT molecular complexity index is 671. The van der Waals surface area contributed by atoms with Crippen molar-refractivity contribution in [3.05, 3.63) is 47.3 Å². The predicted molar refractivity (Wildman–Crippen MR) is 86.9 cm³/mol. The fraction of sp³-hybridized carbons (Fsp3) is 0.312. The van der Waals surface area contributed by atoms with Crippen LogP contribution in [0.5, 0.6) is 0 Å². The van der Waals surface area contributed by atoms with Gasteiger partial charge in [-0.15, -0.1) is 0 Å². The van der Waals surface area contributed by atoms with Crippen molar-refractivity contribution in [1.82, 2.24) is 9.97 Å². The van der Waals surface area contributed by atoms with Crippen LogP contribution in [0.1, 0.15) is 37.5 Å². The Morgan fingerprint density at radius 2 is 1.95 bits per heavy atom. The summed E-state index contributed by atoms with van der Waals surface area (Å²) in [4.78, 5) is 8.28. The number of hydrogen-bond donors (Lipinski definition) is 3. The van der Waals surface area contributed by atoms with Crippen molar-refractivity contribution in [1.29, 1.82) is 5.41 Å². The summed E-state index contributed by atoms with van der Waals surface area (Å²) in [6, 6.07) is 7.77. The number of nitrogen functional groups attached to an aromatic ring is 1. The molecule has 4 N–H and O–H groups in total. The molecule has 5 heteroatoms. The maximum absolute atomic E-state index is 8.46. The van der Waals surface area contributed by atoms with Crippen LogP contribution in [-0.4, -0.2) is 21.2 Å². The number of hydrogen-bond acceptors (Lipinski definition) is 5. The molecule has 0 saturated heterocycles. The van der Waals surface area contributed by atoms with Gasteiger partial charge in [-0.3, -0.25) is 5.41 Å². The Morgan fingerprint density at radius 3 is 2.57 bits per heavy atom. The lowest BCUT2D eigenvalue weighted by atomic mass is 10.0. The van der Waals surface area contributed by atoms with Gasteiger partial charge in [0.05, 0.1) is 11.3 Å². The van der Waals surface area contributed by atoms with Crippen LogP contribution in [0.2, 0.25) is 0 Å². The van der Waals surface area contributed by atoms with E-state index in [1.54, 1.807) is 0 Å². The van der Waals surface area contributed by atoms with E-state index in [1.807, 2.05) is 52.0 Å². The van der Waals surface area contributed by atoms with Gasteiger partial charge in [-0.25, -0.2) is 9.97 Å². The first kappa shape index (κ1) is 15.0. The molecule has 0 aliphatic heterocycles. The number of rotatable bonds is 3. The highest BCUT2D eigenvalue weighted by Gasteiger charge is 2.19. The molecule has 0 atom stereocenters. The summed E-state index contributed by atoms with van der Waals surface area (Å²) in [5.74, 6) is 0.893. The van der Waals surface area contributed by atoms with Crippen molar-refractivity contribution in [2.75, 3.05) is 11.1 Å². The molecule has 0 radical (unpaired) electrons. The average molecular weight is 283 g/mol. The van der Waals surface area contributed by atoms with Crippen LogP contribution < -0.4 is 11.1 Å². The van der Waals surface area contributed by atoms with Crippen LogP contribution >= 0.6 is 0 Å². The highest BCUT2D eigenvalue weighted by Crippen LogP contribution is 2.24. The quantitative estimate of drug-likeness (QED) is 0.756. The molecule has 2 rings (SSSR count). The average Bonchev–Trinajstić information content (AvgIpc) is 2.36. The van der Waals surface area contributed by atoms with Crippen molar-refractivity contribution < 1.29 is 0 Å². The van der Waals surface area contributed by atoms with Gasteiger partial charge in [0.1, 0.15) is 18.0 Å². The van der Waals surface area contributed by atoms with Crippen LogP contribution in [-0.2, 0) is 0 Å². The summed E-state index contributed by atoms with van der Waals surface area (Å²) >= 11 is 0. The van der Waals surface area contributed by atoms with Gasteiger partial charge in [0.15, 0.2) is 0 Å². The van der Waals surface area contributed by atoms with E-state index < -0.39 is 0 Å². The lowest BCUT2D eigenvalue weighted by molar-refractivity contribution is 0.630. The molecule has 0 unspecified atom stereocenters. The molecule has 1 heterocycles. The van der Waals surface area contributed by atoms with E-state index in [4.69, 9.17) is 11.1 Å². The first-order chi connectivity index (χ1) is 9.78. The standard InChI is InChI=1S/C16H21N5/c1-10-6-5-7-11(8-10)13(17)12-14(18)19-9-20-15(12)21-16(2,3)4/h5-9,17H,1-4H3,(H3,18,19,20,21). The second-order valence-corrected chi connectivity index (χ2v) is 6.10. The Labute approximate surface area is 125 Å². The number of aromatic nitrogens is 2. The summed E-state index contributed by atoms with van der Waals surface area (Å²) in [5, 5.41) is 11.7. The summed E-state index contributed by atoms with van der Waals surface area (Å²) in [6.45, 7) is 8.10. The van der Waals surface area contributed by atoms with Gasteiger partial charge in [0, 0.05) is 11.1 Å². The monoisotopic (exact) mass is 283 g/mol. The van der Waals surface area contributed by atoms with E-state index in [9.17, 15) is 0 Å². The lowest BCUT2D eigenvalue weighted by Gasteiger charge is -2.23. The minimum atomic E-state index is -0.178. The zero-order chi connectivity index (χ0) is 15.6. The summed E-state index contributed by atoms with van der Waals surface area (Å²) in [5.41, 5.74) is 8.56. The largest absolute Gasteiger partial charge is 0.383 e. The Balaban J connectivity index is 2.50. The molecular weight excluding hydrogens is 262 g/mol. The van der Waals surface area contributed by atoms with Crippen molar-refractivity contribution >= 4 is 17.3 Å². The third-order valence-corrected chi connectivity index (χ3v) is 2.93. The fourth-order valence-electron chi connectivity index (χ4n) is 2.04. The Morgan fingerprint density at radius 1 is 1.24 bits per heavy atom. The maximum Gasteiger partial charge on any atom is 0.141 e. The molecule has 0 amide bonds. The second-order valence-electron chi connectivity index (χ2n) is 6.10. The van der Waals surface area contributed by atoms with E-state index >= 15 is 0 Å². The number of nitrogens with two attached hydrogens (primary N) is 1. The van der Waals surface area contributed by atoms with Crippen molar-refractivity contribution in [2.45, 2.75) is 33.2 Å². The number of anilines is 2. The van der Waals surface area contributed by atoms with Crippen molar-refractivity contribution in [3.8, 4) is 0 Å². The van der Waals surface area contributed by atoms with E-state index in [2.05, 4.69) is 15.3 Å². The fourth-order valence-corrected chi connectivity index (χ4v) is 2.04. The van der Waals surface area contributed by atoms with Gasteiger partial charge in [0.2, 0.25) is 0 Å². The third-order valence-electron chi connectivity index (χ3n) is 2.93. The van der Waals surface area contributed by atoms with Gasteiger partial charge < -0.3 is 11.1 Å². The first-order valence-corrected chi connectivity index (χ1v) is 6.82. The molecule has 1 aromatic carbocycles. The van der Waals surface area contributed by atoms with Crippen LogP contribution in [0.25, 0.3) is 0 Å². The molecule has 0 fully saturated rings. The van der Waals surface area contributed by atoms with Crippen molar-refractivity contribution in [2.24, 2.45) is 0 Å². The van der Waals surface area contributed by atoms with Gasteiger partial charge in [0.25, 0.3) is 0 Å². The van der Waals surface area contributed by atoms with Crippen LogP contribution in [0, 0.1) is 12.3 Å². The summed E-state index contributed by atoms with van der Waals surface area (Å²) in [7, 11) is 0. The molecule has 5 nitrogen and oxygen atoms in total. The first-order valence-electron chi connectivity index (χ1n) is 6.82. The number of nitrogens with zero attached hydrogens (tertiary/aromatic N) is 2. The minimum absolute atomic E-state index is 0.178. The molecule has 0 aliphatic rings.